The van der Waals surface area contributed by atoms with Crippen molar-refractivity contribution in [3.8, 4) is 0 Å². The Bertz CT molecular complexity index is 521. The van der Waals surface area contributed by atoms with Gasteiger partial charge in [-0.1, -0.05) is 18.2 Å². The molecule has 1 aromatic rings. The number of carboxylic acid groups (broad SMARTS) is 1. The maximum Gasteiger partial charge on any atom is 0.335 e. The lowest BCUT2D eigenvalue weighted by Gasteiger charge is -2.34. The van der Waals surface area contributed by atoms with Crippen LogP contribution in [0.4, 0.5) is 0 Å². The monoisotopic (exact) mass is 291 g/mol. The van der Waals surface area contributed by atoms with Gasteiger partial charge in [0.15, 0.2) is 0 Å². The van der Waals surface area contributed by atoms with Crippen LogP contribution in [0.1, 0.15) is 42.1 Å². The van der Waals surface area contributed by atoms with Gasteiger partial charge in [-0.3, -0.25) is 4.79 Å². The number of nitrogens with one attached hydrogen (secondary N) is 1. The minimum absolute atomic E-state index is 0.0420. The second-order valence-corrected chi connectivity index (χ2v) is 5.68. The van der Waals surface area contributed by atoms with Gasteiger partial charge in [-0.2, -0.15) is 0 Å². The topological polar surface area (TPSA) is 75.6 Å². The Labute approximate surface area is 124 Å². The maximum absolute atomic E-state index is 12.1. The fourth-order valence-electron chi connectivity index (χ4n) is 2.54. The van der Waals surface area contributed by atoms with E-state index in [1.54, 1.807) is 24.3 Å². The van der Waals surface area contributed by atoms with E-state index in [1.165, 1.54) is 0 Å². The summed E-state index contributed by atoms with van der Waals surface area (Å²) in [4.78, 5) is 23.2. The van der Waals surface area contributed by atoms with Crippen LogP contribution in [0.3, 0.4) is 0 Å². The number of carbonyl (C=O) groups excluding carboxylic acids is 1. The smallest absolute Gasteiger partial charge is 0.335 e. The molecule has 21 heavy (non-hydrogen) atoms. The summed E-state index contributed by atoms with van der Waals surface area (Å²) >= 11 is 0. The zero-order valence-electron chi connectivity index (χ0n) is 12.2. The molecule has 1 aliphatic rings. The van der Waals surface area contributed by atoms with Gasteiger partial charge in [0.05, 0.1) is 5.56 Å². The summed E-state index contributed by atoms with van der Waals surface area (Å²) in [6.07, 6.45) is 2.34. The summed E-state index contributed by atoms with van der Waals surface area (Å²) in [7, 11) is 0. The first kappa shape index (κ1) is 15.5. The van der Waals surface area contributed by atoms with E-state index in [0.29, 0.717) is 31.6 Å². The fourth-order valence-corrected chi connectivity index (χ4v) is 2.54. The average Bonchev–Trinajstić information content (AvgIpc) is 2.45. The number of hydrogen-bond acceptors (Lipinski definition) is 3. The lowest BCUT2D eigenvalue weighted by molar-refractivity contribution is -0.123. The molecule has 0 unspecified atom stereocenters. The predicted molar refractivity (Wildman–Crippen MR) is 78.3 cm³/mol. The van der Waals surface area contributed by atoms with Gasteiger partial charge in [-0.05, 0) is 37.8 Å². The minimum Gasteiger partial charge on any atom is -0.478 e. The molecule has 0 saturated carbocycles. The summed E-state index contributed by atoms with van der Waals surface area (Å²) in [6.45, 7) is 3.36. The number of aromatic carboxylic acids is 1. The van der Waals surface area contributed by atoms with Crippen LogP contribution >= 0.6 is 0 Å². The van der Waals surface area contributed by atoms with Gasteiger partial charge in [-0.15, -0.1) is 0 Å². The standard InChI is InChI=1S/C16H21NO4/c1-16(8-10-21-11-9-16)17-14(18)7-6-12-4-2-3-5-13(12)15(19)20/h2-5H,6-11H2,1H3,(H,17,18)(H,19,20). The first-order valence-electron chi connectivity index (χ1n) is 7.20. The zero-order valence-corrected chi connectivity index (χ0v) is 12.2. The molecule has 114 valence electrons. The third-order valence-corrected chi connectivity index (χ3v) is 3.91. The van der Waals surface area contributed by atoms with Crippen LogP contribution in [0.25, 0.3) is 0 Å². The number of aryl methyl sites for hydroxylation is 1. The van der Waals surface area contributed by atoms with E-state index >= 15 is 0 Å². The van der Waals surface area contributed by atoms with Crippen LogP contribution in [-0.2, 0) is 16.0 Å². The molecule has 2 N–H and O–H groups in total. The van der Waals surface area contributed by atoms with E-state index in [2.05, 4.69) is 5.32 Å². The second kappa shape index (κ2) is 6.72. The number of ether oxygens (including phenoxy) is 1. The Morgan fingerprint density at radius 2 is 1.95 bits per heavy atom. The molecule has 0 atom stereocenters. The molecule has 5 heteroatoms. The minimum atomic E-state index is -0.956. The van der Waals surface area contributed by atoms with Crippen LogP contribution in [0, 0.1) is 0 Å². The van der Waals surface area contributed by atoms with Crippen molar-refractivity contribution in [3.05, 3.63) is 35.4 Å². The average molecular weight is 291 g/mol. The van der Waals surface area contributed by atoms with Crippen LogP contribution in [0.15, 0.2) is 24.3 Å². The van der Waals surface area contributed by atoms with Crippen molar-refractivity contribution in [2.45, 2.75) is 38.1 Å². The van der Waals surface area contributed by atoms with E-state index in [1.807, 2.05) is 6.92 Å². The molecular weight excluding hydrogens is 270 g/mol. The molecule has 5 nitrogen and oxygen atoms in total. The number of amides is 1. The first-order valence-corrected chi connectivity index (χ1v) is 7.20. The van der Waals surface area contributed by atoms with Crippen molar-refractivity contribution in [1.82, 2.24) is 5.32 Å². The number of benzene rings is 1. The first-order chi connectivity index (χ1) is 10.0. The van der Waals surface area contributed by atoms with E-state index in [-0.39, 0.29) is 17.0 Å². The number of carbonyl (C=O) groups is 2. The van der Waals surface area contributed by atoms with Crippen LogP contribution < -0.4 is 5.32 Å². The summed E-state index contributed by atoms with van der Waals surface area (Å²) < 4.78 is 5.30. The molecule has 1 fully saturated rings. The van der Waals surface area contributed by atoms with Gasteiger partial charge < -0.3 is 15.2 Å². The Balaban J connectivity index is 1.91. The highest BCUT2D eigenvalue weighted by molar-refractivity contribution is 5.89. The highest BCUT2D eigenvalue weighted by Crippen LogP contribution is 2.20. The van der Waals surface area contributed by atoms with Crippen molar-refractivity contribution < 1.29 is 19.4 Å². The quantitative estimate of drug-likeness (QED) is 0.870. The van der Waals surface area contributed by atoms with Gasteiger partial charge in [-0.25, -0.2) is 4.79 Å². The van der Waals surface area contributed by atoms with Crippen molar-refractivity contribution in [2.75, 3.05) is 13.2 Å². The van der Waals surface area contributed by atoms with Crippen LogP contribution in [0.5, 0.6) is 0 Å². The van der Waals surface area contributed by atoms with Gasteiger partial charge in [0.2, 0.25) is 5.91 Å². The predicted octanol–water partition coefficient (Wildman–Crippen LogP) is 2.00. The van der Waals surface area contributed by atoms with Crippen molar-refractivity contribution >= 4 is 11.9 Å². The Hall–Kier alpha value is -1.88. The molecule has 0 aliphatic carbocycles. The van der Waals surface area contributed by atoms with E-state index in [9.17, 15) is 9.59 Å². The third kappa shape index (κ3) is 4.29. The molecular formula is C16H21NO4. The molecule has 1 amide bonds. The van der Waals surface area contributed by atoms with Crippen molar-refractivity contribution in [2.24, 2.45) is 0 Å². The molecule has 0 radical (unpaired) electrons. The van der Waals surface area contributed by atoms with Crippen molar-refractivity contribution in [3.63, 3.8) is 0 Å². The van der Waals surface area contributed by atoms with Gasteiger partial charge in [0, 0.05) is 25.2 Å². The maximum atomic E-state index is 12.1. The van der Waals surface area contributed by atoms with Gasteiger partial charge >= 0.3 is 5.97 Å². The summed E-state index contributed by atoms with van der Waals surface area (Å²) in [5.74, 6) is -0.998. The van der Waals surface area contributed by atoms with Gasteiger partial charge in [0.25, 0.3) is 0 Å². The Kier molecular flexibility index (Phi) is 4.96. The Morgan fingerprint density at radius 1 is 1.29 bits per heavy atom. The van der Waals surface area contributed by atoms with Gasteiger partial charge in [0.1, 0.15) is 0 Å². The molecule has 0 aromatic heterocycles. The molecule has 2 rings (SSSR count). The molecule has 1 aromatic carbocycles. The number of rotatable bonds is 5. The summed E-state index contributed by atoms with van der Waals surface area (Å²) in [6, 6.07) is 6.80. The van der Waals surface area contributed by atoms with E-state index in [0.717, 1.165) is 12.8 Å². The second-order valence-electron chi connectivity index (χ2n) is 5.68. The van der Waals surface area contributed by atoms with E-state index in [4.69, 9.17) is 9.84 Å². The molecule has 1 heterocycles. The third-order valence-electron chi connectivity index (χ3n) is 3.91. The highest BCUT2D eigenvalue weighted by atomic mass is 16.5. The number of carboxylic acids is 1. The zero-order chi connectivity index (χ0) is 15.3. The lowest BCUT2D eigenvalue weighted by Crippen LogP contribution is -2.49. The normalized spacial score (nSPS) is 17.2. The highest BCUT2D eigenvalue weighted by Gasteiger charge is 2.28. The van der Waals surface area contributed by atoms with E-state index < -0.39 is 5.97 Å². The molecule has 1 aliphatic heterocycles. The summed E-state index contributed by atoms with van der Waals surface area (Å²) in [5.41, 5.74) is 0.752. The fraction of sp³-hybridized carbons (Fsp3) is 0.500. The lowest BCUT2D eigenvalue weighted by atomic mass is 9.92. The van der Waals surface area contributed by atoms with Crippen molar-refractivity contribution in [1.29, 1.82) is 0 Å². The number of hydrogen-bond donors (Lipinski definition) is 2. The molecule has 0 bridgehead atoms. The molecule has 1 saturated heterocycles. The van der Waals surface area contributed by atoms with Crippen LogP contribution in [-0.4, -0.2) is 35.7 Å². The largest absolute Gasteiger partial charge is 0.478 e. The van der Waals surface area contributed by atoms with Crippen LogP contribution in [0.2, 0.25) is 0 Å². The SMILES string of the molecule is CC1(NC(=O)CCc2ccccc2C(=O)O)CCOCC1. The molecule has 0 spiro atoms. The summed E-state index contributed by atoms with van der Waals surface area (Å²) in [5, 5.41) is 12.2. The Morgan fingerprint density at radius 3 is 2.62 bits per heavy atom.